The van der Waals surface area contributed by atoms with Gasteiger partial charge in [-0.3, -0.25) is 0 Å². The average Bonchev–Trinajstić information content (AvgIpc) is 2.72. The van der Waals surface area contributed by atoms with E-state index in [2.05, 4.69) is 30.9 Å². The highest BCUT2D eigenvalue weighted by atomic mass is 16.7. The minimum Gasteiger partial charge on any atom is -0.396 e. The van der Waals surface area contributed by atoms with Crippen molar-refractivity contribution < 1.29 is 14.6 Å². The van der Waals surface area contributed by atoms with Crippen LogP contribution < -0.4 is 0 Å². The highest BCUT2D eigenvalue weighted by Gasteiger charge is 2.17. The van der Waals surface area contributed by atoms with E-state index in [1.165, 1.54) is 57.8 Å². The second-order valence-electron chi connectivity index (χ2n) is 7.88. The molecule has 1 heterocycles. The van der Waals surface area contributed by atoms with E-state index in [1.807, 2.05) is 0 Å². The third-order valence-electron chi connectivity index (χ3n) is 5.16. The second kappa shape index (κ2) is 19.5. The Morgan fingerprint density at radius 1 is 1.00 bits per heavy atom. The minimum absolute atomic E-state index is 0.0121. The van der Waals surface area contributed by atoms with Gasteiger partial charge < -0.3 is 14.6 Å². The number of unbranched alkanes of at least 4 members (excludes halogenated alkanes) is 9. The molecular formula is C25H44O3. The fourth-order valence-electron chi connectivity index (χ4n) is 3.38. The molecule has 3 heteroatoms. The third kappa shape index (κ3) is 15.1. The Bertz CT molecular complexity index is 415. The number of hydrogen-bond acceptors (Lipinski definition) is 3. The van der Waals surface area contributed by atoms with Gasteiger partial charge >= 0.3 is 0 Å². The van der Waals surface area contributed by atoms with Crippen LogP contribution in [0, 0.1) is 11.8 Å². The van der Waals surface area contributed by atoms with Crippen LogP contribution in [0.5, 0.6) is 0 Å². The average molecular weight is 393 g/mol. The Morgan fingerprint density at radius 3 is 2.46 bits per heavy atom. The molecule has 0 aliphatic carbocycles. The van der Waals surface area contributed by atoms with Crippen molar-refractivity contribution in [2.24, 2.45) is 0 Å². The first kappa shape index (κ1) is 25.2. The van der Waals surface area contributed by atoms with Gasteiger partial charge in [0.2, 0.25) is 0 Å². The normalized spacial score (nSPS) is 18.1. The van der Waals surface area contributed by atoms with E-state index in [-0.39, 0.29) is 19.0 Å². The molecule has 1 saturated heterocycles. The zero-order chi connectivity index (χ0) is 20.1. The smallest absolute Gasteiger partial charge is 0.158 e. The molecule has 162 valence electrons. The van der Waals surface area contributed by atoms with Crippen molar-refractivity contribution in [1.82, 2.24) is 0 Å². The number of aliphatic hydroxyl groups is 1. The van der Waals surface area contributed by atoms with E-state index in [9.17, 15) is 0 Å². The van der Waals surface area contributed by atoms with Crippen LogP contribution in [0.3, 0.4) is 0 Å². The van der Waals surface area contributed by atoms with Crippen LogP contribution in [0.25, 0.3) is 0 Å². The van der Waals surface area contributed by atoms with E-state index >= 15 is 0 Å². The van der Waals surface area contributed by atoms with Gasteiger partial charge in [0.25, 0.3) is 0 Å². The number of aliphatic hydroxyl groups excluding tert-OH is 1. The largest absolute Gasteiger partial charge is 0.396 e. The summed E-state index contributed by atoms with van der Waals surface area (Å²) in [4.78, 5) is 0. The standard InChI is InChI=1S/C25H44O3/c1-2-3-19-24(28-25-21-16-18-23-27-25)20-15-13-11-9-7-5-4-6-8-10-12-14-17-22-26/h15,20,24-26H,2-7,9,11-14,16-19,21-23H2,1H3/b20-15-/t24-,25?/m1/s1. The van der Waals surface area contributed by atoms with Crippen molar-refractivity contribution in [3.05, 3.63) is 12.2 Å². The van der Waals surface area contributed by atoms with Gasteiger partial charge in [-0.15, -0.1) is 11.8 Å². The summed E-state index contributed by atoms with van der Waals surface area (Å²) in [5, 5.41) is 8.71. The topological polar surface area (TPSA) is 38.7 Å². The maximum absolute atomic E-state index is 8.71. The first-order valence-corrected chi connectivity index (χ1v) is 11.9. The number of ether oxygens (including phenoxy) is 2. The van der Waals surface area contributed by atoms with Crippen molar-refractivity contribution in [3.63, 3.8) is 0 Å². The van der Waals surface area contributed by atoms with Crippen LogP contribution in [0.1, 0.15) is 110 Å². The highest BCUT2D eigenvalue weighted by molar-refractivity contribution is 4.98. The zero-order valence-electron chi connectivity index (χ0n) is 18.3. The van der Waals surface area contributed by atoms with Crippen LogP contribution in [-0.4, -0.2) is 30.7 Å². The van der Waals surface area contributed by atoms with Crippen LogP contribution >= 0.6 is 0 Å². The molecule has 1 N–H and O–H groups in total. The molecule has 1 rings (SSSR count). The molecule has 0 saturated carbocycles. The van der Waals surface area contributed by atoms with Crippen molar-refractivity contribution >= 4 is 0 Å². The van der Waals surface area contributed by atoms with Gasteiger partial charge in [-0.05, 0) is 57.8 Å². The van der Waals surface area contributed by atoms with Crippen LogP contribution in [0.2, 0.25) is 0 Å². The van der Waals surface area contributed by atoms with Gasteiger partial charge in [-0.25, -0.2) is 0 Å². The third-order valence-corrected chi connectivity index (χ3v) is 5.16. The predicted octanol–water partition coefficient (Wildman–Crippen LogP) is 6.54. The minimum atomic E-state index is 0.0121. The summed E-state index contributed by atoms with van der Waals surface area (Å²) in [6.07, 6.45) is 23.2. The Balaban J connectivity index is 2.02. The fourth-order valence-corrected chi connectivity index (χ4v) is 3.38. The molecule has 1 aliphatic rings. The van der Waals surface area contributed by atoms with Crippen LogP contribution in [0.4, 0.5) is 0 Å². The predicted molar refractivity (Wildman–Crippen MR) is 118 cm³/mol. The molecule has 0 aromatic heterocycles. The van der Waals surface area contributed by atoms with Gasteiger partial charge in [-0.2, -0.15) is 0 Å². The molecule has 3 nitrogen and oxygen atoms in total. The lowest BCUT2D eigenvalue weighted by Crippen LogP contribution is -2.27. The van der Waals surface area contributed by atoms with E-state index in [0.29, 0.717) is 0 Å². The van der Waals surface area contributed by atoms with Crippen molar-refractivity contribution in [2.45, 2.75) is 122 Å². The maximum atomic E-state index is 8.71. The summed E-state index contributed by atoms with van der Waals surface area (Å²) in [6, 6.07) is 0. The Kier molecular flexibility index (Phi) is 17.6. The highest BCUT2D eigenvalue weighted by Crippen LogP contribution is 2.18. The molecule has 1 aliphatic heterocycles. The molecule has 1 unspecified atom stereocenters. The molecule has 1 fully saturated rings. The Hall–Kier alpha value is -0.820. The van der Waals surface area contributed by atoms with E-state index in [0.717, 1.165) is 51.6 Å². The molecule has 2 atom stereocenters. The van der Waals surface area contributed by atoms with Gasteiger partial charge in [0.15, 0.2) is 6.29 Å². The monoisotopic (exact) mass is 392 g/mol. The molecule has 0 aromatic carbocycles. The first-order chi connectivity index (χ1) is 13.9. The summed E-state index contributed by atoms with van der Waals surface area (Å²) in [6.45, 7) is 3.38. The molecule has 0 amide bonds. The van der Waals surface area contributed by atoms with Crippen molar-refractivity contribution in [1.29, 1.82) is 0 Å². The molecule has 28 heavy (non-hydrogen) atoms. The van der Waals surface area contributed by atoms with E-state index in [4.69, 9.17) is 14.6 Å². The number of hydrogen-bond donors (Lipinski definition) is 1. The van der Waals surface area contributed by atoms with Crippen molar-refractivity contribution in [2.75, 3.05) is 13.2 Å². The van der Waals surface area contributed by atoms with Crippen LogP contribution in [0.15, 0.2) is 12.2 Å². The Labute approximate surface area is 174 Å². The Morgan fingerprint density at radius 2 is 1.75 bits per heavy atom. The first-order valence-electron chi connectivity index (χ1n) is 11.9. The van der Waals surface area contributed by atoms with Gasteiger partial charge in [0, 0.05) is 26.1 Å². The quantitative estimate of drug-likeness (QED) is 0.184. The summed E-state index contributed by atoms with van der Waals surface area (Å²) in [5.41, 5.74) is 0. The van der Waals surface area contributed by atoms with Crippen molar-refractivity contribution in [3.8, 4) is 11.8 Å². The van der Waals surface area contributed by atoms with Crippen LogP contribution in [-0.2, 0) is 9.47 Å². The summed E-state index contributed by atoms with van der Waals surface area (Å²) in [7, 11) is 0. The van der Waals surface area contributed by atoms with Gasteiger partial charge in [0.05, 0.1) is 6.10 Å². The maximum Gasteiger partial charge on any atom is 0.158 e. The lowest BCUT2D eigenvalue weighted by molar-refractivity contribution is -0.179. The molecule has 0 radical (unpaired) electrons. The van der Waals surface area contributed by atoms with E-state index in [1.54, 1.807) is 0 Å². The lowest BCUT2D eigenvalue weighted by atomic mass is 10.1. The summed E-state index contributed by atoms with van der Waals surface area (Å²) >= 11 is 0. The van der Waals surface area contributed by atoms with Gasteiger partial charge in [0.1, 0.15) is 0 Å². The zero-order valence-corrected chi connectivity index (χ0v) is 18.3. The molecule has 0 aromatic rings. The molecule has 0 spiro atoms. The fraction of sp³-hybridized carbons (Fsp3) is 0.840. The number of allylic oxidation sites excluding steroid dienone is 1. The second-order valence-corrected chi connectivity index (χ2v) is 7.88. The van der Waals surface area contributed by atoms with E-state index < -0.39 is 0 Å². The SMILES string of the molecule is CCCC[C@H](/C=C\CCCCCCCC#CCCCCO)OC1CCCCO1. The number of rotatable bonds is 16. The molecule has 0 bridgehead atoms. The van der Waals surface area contributed by atoms with Gasteiger partial charge in [-0.1, -0.05) is 51.2 Å². The molecular weight excluding hydrogens is 348 g/mol. The summed E-state index contributed by atoms with van der Waals surface area (Å²) < 4.78 is 11.9. The lowest BCUT2D eigenvalue weighted by Gasteiger charge is -2.26. The summed E-state index contributed by atoms with van der Waals surface area (Å²) in [5.74, 6) is 6.45.